The number of ether oxygens (including phenoxy) is 5. The van der Waals surface area contributed by atoms with Crippen LogP contribution in [0.2, 0.25) is 0 Å². The van der Waals surface area contributed by atoms with Gasteiger partial charge in [0, 0.05) is 5.56 Å². The summed E-state index contributed by atoms with van der Waals surface area (Å²) in [6.07, 6.45) is 0. The van der Waals surface area contributed by atoms with E-state index in [4.69, 9.17) is 28.1 Å². The van der Waals surface area contributed by atoms with Crippen LogP contribution in [0.3, 0.4) is 0 Å². The lowest BCUT2D eigenvalue weighted by molar-refractivity contribution is 0.306. The normalized spacial score (nSPS) is 10.6. The largest absolute Gasteiger partial charge is 0.508 e. The van der Waals surface area contributed by atoms with Crippen molar-refractivity contribution in [3.8, 4) is 45.8 Å². The summed E-state index contributed by atoms with van der Waals surface area (Å²) in [5.74, 6) is 0.963. The number of phenols is 1. The molecule has 0 spiro atoms. The first-order valence-corrected chi connectivity index (χ1v) is 8.22. The molecule has 0 bridgehead atoms. The molecule has 0 saturated heterocycles. The molecule has 3 aromatic rings. The zero-order chi connectivity index (χ0) is 20.4. The van der Waals surface area contributed by atoms with Crippen molar-refractivity contribution in [3.05, 3.63) is 34.5 Å². The molecule has 0 aliphatic carbocycles. The molecule has 8 nitrogen and oxygen atoms in total. The molecule has 0 radical (unpaired) electrons. The molecule has 0 saturated carbocycles. The van der Waals surface area contributed by atoms with E-state index in [9.17, 15) is 9.90 Å². The van der Waals surface area contributed by atoms with Crippen molar-refractivity contribution in [1.29, 1.82) is 0 Å². The van der Waals surface area contributed by atoms with Crippen molar-refractivity contribution in [2.75, 3.05) is 35.5 Å². The van der Waals surface area contributed by atoms with Gasteiger partial charge in [0.25, 0.3) is 0 Å². The average Bonchev–Trinajstić information content (AvgIpc) is 2.72. The minimum absolute atomic E-state index is 0.0224. The Morgan fingerprint density at radius 3 is 1.71 bits per heavy atom. The first-order valence-electron chi connectivity index (χ1n) is 8.22. The third-order valence-corrected chi connectivity index (χ3v) is 4.27. The van der Waals surface area contributed by atoms with Crippen molar-refractivity contribution in [1.82, 2.24) is 0 Å². The van der Waals surface area contributed by atoms with Crippen molar-refractivity contribution in [3.63, 3.8) is 0 Å². The van der Waals surface area contributed by atoms with Gasteiger partial charge >= 0.3 is 0 Å². The Labute approximate surface area is 160 Å². The van der Waals surface area contributed by atoms with Gasteiger partial charge in [-0.1, -0.05) is 0 Å². The molecule has 0 aliphatic rings. The Morgan fingerprint density at radius 2 is 1.21 bits per heavy atom. The minimum Gasteiger partial charge on any atom is -0.508 e. The summed E-state index contributed by atoms with van der Waals surface area (Å²) in [4.78, 5) is 13.3. The number of hydrogen-bond acceptors (Lipinski definition) is 8. The SMILES string of the molecule is COc1c(OC)c(OC)c2c(=O)c(OC)c(-c3ccc(O)cc3)oc2c1OC. The fraction of sp³-hybridized carbons (Fsp3) is 0.250. The maximum atomic E-state index is 13.3. The zero-order valence-electron chi connectivity index (χ0n) is 16.1. The van der Waals surface area contributed by atoms with Gasteiger partial charge < -0.3 is 33.2 Å². The predicted molar refractivity (Wildman–Crippen MR) is 102 cm³/mol. The molecule has 1 heterocycles. The van der Waals surface area contributed by atoms with E-state index in [2.05, 4.69) is 0 Å². The second kappa shape index (κ2) is 7.59. The summed E-state index contributed by atoms with van der Waals surface area (Å²) in [6.45, 7) is 0. The van der Waals surface area contributed by atoms with E-state index < -0.39 is 5.43 Å². The number of rotatable bonds is 6. The van der Waals surface area contributed by atoms with Gasteiger partial charge in [-0.2, -0.15) is 0 Å². The molecule has 0 unspecified atom stereocenters. The van der Waals surface area contributed by atoms with Gasteiger partial charge in [-0.05, 0) is 24.3 Å². The fourth-order valence-electron chi connectivity index (χ4n) is 3.05. The van der Waals surface area contributed by atoms with E-state index >= 15 is 0 Å². The number of methoxy groups -OCH3 is 5. The molecular weight excluding hydrogens is 368 g/mol. The fourth-order valence-corrected chi connectivity index (χ4v) is 3.05. The van der Waals surface area contributed by atoms with Crippen LogP contribution in [0.5, 0.6) is 34.5 Å². The standard InChI is InChI=1S/C20H20O8/c1-23-15-12-13(22)17(24-2)14(10-6-8-11(21)9-7-10)28-16(12)19(26-4)20(27-5)18(15)25-3/h6-9,21H,1-5H3. The maximum Gasteiger partial charge on any atom is 0.239 e. The molecule has 0 fully saturated rings. The molecule has 28 heavy (non-hydrogen) atoms. The topological polar surface area (TPSA) is 96.6 Å². The molecule has 0 amide bonds. The van der Waals surface area contributed by atoms with Crippen molar-refractivity contribution in [2.45, 2.75) is 0 Å². The number of fused-ring (bicyclic) bond motifs is 1. The van der Waals surface area contributed by atoms with E-state index in [1.807, 2.05) is 0 Å². The van der Waals surface area contributed by atoms with Gasteiger partial charge in [0.2, 0.25) is 28.4 Å². The van der Waals surface area contributed by atoms with Crippen LogP contribution in [0, 0.1) is 0 Å². The van der Waals surface area contributed by atoms with E-state index in [1.165, 1.54) is 47.7 Å². The molecule has 1 N–H and O–H groups in total. The molecular formula is C20H20O8. The van der Waals surface area contributed by atoms with E-state index in [-0.39, 0.29) is 51.2 Å². The number of benzene rings is 2. The monoisotopic (exact) mass is 388 g/mol. The second-order valence-corrected chi connectivity index (χ2v) is 5.68. The van der Waals surface area contributed by atoms with Crippen LogP contribution in [-0.2, 0) is 0 Å². The zero-order valence-corrected chi connectivity index (χ0v) is 16.1. The van der Waals surface area contributed by atoms with Crippen molar-refractivity contribution >= 4 is 11.0 Å². The Morgan fingerprint density at radius 1 is 0.714 bits per heavy atom. The average molecular weight is 388 g/mol. The second-order valence-electron chi connectivity index (χ2n) is 5.68. The van der Waals surface area contributed by atoms with Gasteiger partial charge in [-0.25, -0.2) is 0 Å². The maximum absolute atomic E-state index is 13.3. The Hall–Kier alpha value is -3.55. The summed E-state index contributed by atoms with van der Waals surface area (Å²) in [5.41, 5.74) is 0.179. The van der Waals surface area contributed by atoms with Crippen LogP contribution in [0.1, 0.15) is 0 Å². The molecule has 0 atom stereocenters. The number of phenolic OH excluding ortho intramolecular Hbond substituents is 1. The molecule has 148 valence electrons. The van der Waals surface area contributed by atoms with Crippen LogP contribution < -0.4 is 29.1 Å². The highest BCUT2D eigenvalue weighted by Gasteiger charge is 2.30. The minimum atomic E-state index is -0.470. The lowest BCUT2D eigenvalue weighted by Crippen LogP contribution is -2.11. The summed E-state index contributed by atoms with van der Waals surface area (Å²) in [5, 5.41) is 9.64. The highest BCUT2D eigenvalue weighted by atomic mass is 16.5. The molecule has 0 aliphatic heterocycles. The Balaban J connectivity index is 2.54. The van der Waals surface area contributed by atoms with Crippen molar-refractivity contribution < 1.29 is 33.2 Å². The van der Waals surface area contributed by atoms with Gasteiger partial charge in [-0.3, -0.25) is 4.79 Å². The summed E-state index contributed by atoms with van der Waals surface area (Å²) >= 11 is 0. The van der Waals surface area contributed by atoms with Crippen LogP contribution in [0.4, 0.5) is 0 Å². The summed E-state index contributed by atoms with van der Waals surface area (Å²) < 4.78 is 33.1. The third kappa shape index (κ3) is 2.83. The number of hydrogen-bond donors (Lipinski definition) is 1. The first-order chi connectivity index (χ1) is 13.5. The van der Waals surface area contributed by atoms with Gasteiger partial charge in [-0.15, -0.1) is 0 Å². The lowest BCUT2D eigenvalue weighted by Gasteiger charge is -2.18. The van der Waals surface area contributed by atoms with Crippen LogP contribution in [0.15, 0.2) is 33.5 Å². The molecule has 2 aromatic carbocycles. The van der Waals surface area contributed by atoms with Crippen LogP contribution >= 0.6 is 0 Å². The lowest BCUT2D eigenvalue weighted by atomic mass is 10.1. The van der Waals surface area contributed by atoms with Crippen LogP contribution in [-0.4, -0.2) is 40.7 Å². The van der Waals surface area contributed by atoms with E-state index in [0.717, 1.165) is 0 Å². The third-order valence-electron chi connectivity index (χ3n) is 4.27. The van der Waals surface area contributed by atoms with Crippen molar-refractivity contribution in [2.24, 2.45) is 0 Å². The Kier molecular flexibility index (Phi) is 5.21. The smallest absolute Gasteiger partial charge is 0.239 e. The highest BCUT2D eigenvalue weighted by Crippen LogP contribution is 2.51. The Bertz CT molecular complexity index is 1070. The molecule has 3 rings (SSSR count). The predicted octanol–water partition coefficient (Wildman–Crippen LogP) is 3.21. The van der Waals surface area contributed by atoms with E-state index in [0.29, 0.717) is 5.56 Å². The van der Waals surface area contributed by atoms with Crippen LogP contribution in [0.25, 0.3) is 22.3 Å². The molecule has 1 aromatic heterocycles. The molecule has 8 heteroatoms. The van der Waals surface area contributed by atoms with Gasteiger partial charge in [0.1, 0.15) is 11.1 Å². The summed E-state index contributed by atoms with van der Waals surface area (Å²) in [6, 6.07) is 6.16. The first kappa shape index (κ1) is 19.2. The van der Waals surface area contributed by atoms with E-state index in [1.54, 1.807) is 12.1 Å². The number of aromatic hydroxyl groups is 1. The van der Waals surface area contributed by atoms with Gasteiger partial charge in [0.15, 0.2) is 17.1 Å². The summed E-state index contributed by atoms with van der Waals surface area (Å²) in [7, 11) is 7.06. The quantitative estimate of drug-likeness (QED) is 0.688. The highest BCUT2D eigenvalue weighted by molar-refractivity contribution is 5.96. The van der Waals surface area contributed by atoms with Gasteiger partial charge in [0.05, 0.1) is 35.5 Å².